The highest BCUT2D eigenvalue weighted by Gasteiger charge is 2.08. The van der Waals surface area contributed by atoms with E-state index in [4.69, 9.17) is 4.74 Å². The normalized spacial score (nSPS) is 12.2. The van der Waals surface area contributed by atoms with E-state index in [0.29, 0.717) is 24.6 Å². The van der Waals surface area contributed by atoms with Gasteiger partial charge in [0.05, 0.1) is 6.54 Å². The van der Waals surface area contributed by atoms with Gasteiger partial charge in [0, 0.05) is 26.2 Å². The fourth-order valence-corrected chi connectivity index (χ4v) is 2.51. The van der Waals surface area contributed by atoms with Crippen LogP contribution in [0, 0.1) is 6.92 Å². The minimum Gasteiger partial charge on any atom is -0.489 e. The van der Waals surface area contributed by atoms with E-state index in [2.05, 4.69) is 20.9 Å². The van der Waals surface area contributed by atoms with Crippen LogP contribution in [0.4, 0.5) is 0 Å². The number of benzene rings is 2. The summed E-state index contributed by atoms with van der Waals surface area (Å²) < 4.78 is 5.97. The largest absolute Gasteiger partial charge is 0.489 e. The Labute approximate surface area is 161 Å². The monoisotopic (exact) mass is 368 g/mol. The van der Waals surface area contributed by atoms with E-state index >= 15 is 0 Å². The van der Waals surface area contributed by atoms with Crippen LogP contribution in [-0.2, 0) is 6.54 Å². The molecule has 1 atom stereocenters. The van der Waals surface area contributed by atoms with E-state index in [1.54, 1.807) is 14.1 Å². The predicted octanol–water partition coefficient (Wildman–Crippen LogP) is 2.49. The lowest BCUT2D eigenvalue weighted by atomic mass is 10.1. The van der Waals surface area contributed by atoms with Crippen LogP contribution in [0.1, 0.15) is 28.4 Å². The number of carbonyl (C=O) groups excluding carboxylic acids is 1. The Morgan fingerprint density at radius 3 is 2.44 bits per heavy atom. The predicted molar refractivity (Wildman–Crippen MR) is 109 cm³/mol. The van der Waals surface area contributed by atoms with Crippen molar-refractivity contribution in [2.45, 2.75) is 26.5 Å². The molecule has 0 bridgehead atoms. The van der Waals surface area contributed by atoms with Gasteiger partial charge in [-0.05, 0) is 43.2 Å². The Balaban J connectivity index is 1.80. The number of hydrogen-bond donors (Lipinski definition) is 3. The molecular weight excluding hydrogens is 340 g/mol. The lowest BCUT2D eigenvalue weighted by Gasteiger charge is -2.19. The average Bonchev–Trinajstić information content (AvgIpc) is 2.69. The van der Waals surface area contributed by atoms with Gasteiger partial charge < -0.3 is 20.7 Å². The summed E-state index contributed by atoms with van der Waals surface area (Å²) >= 11 is 0. The standard InChI is InChI=1S/C21H28N4O2/c1-15-7-5-6-8-19(15)27-16(2)13-24-21(23-4)25-14-17-9-11-18(12-10-17)20(26)22-3/h5-12,16H,13-14H2,1-4H3,(H,22,26)(H2,23,24,25). The number of nitrogens with one attached hydrogen (secondary N) is 3. The van der Waals surface area contributed by atoms with Crippen LogP contribution in [-0.4, -0.2) is 38.6 Å². The zero-order valence-corrected chi connectivity index (χ0v) is 16.4. The number of para-hydroxylation sites is 1. The van der Waals surface area contributed by atoms with Gasteiger partial charge in [-0.1, -0.05) is 30.3 Å². The second-order valence-corrected chi connectivity index (χ2v) is 6.28. The fraction of sp³-hybridized carbons (Fsp3) is 0.333. The van der Waals surface area contributed by atoms with Crippen LogP contribution in [0.5, 0.6) is 5.75 Å². The number of rotatable bonds is 7. The molecule has 6 nitrogen and oxygen atoms in total. The molecule has 0 aliphatic heterocycles. The number of carbonyl (C=O) groups is 1. The lowest BCUT2D eigenvalue weighted by molar-refractivity contribution is 0.0963. The third kappa shape index (κ3) is 6.33. The number of nitrogens with zero attached hydrogens (tertiary/aromatic N) is 1. The van der Waals surface area contributed by atoms with Crippen molar-refractivity contribution in [3.8, 4) is 5.75 Å². The first-order valence-electron chi connectivity index (χ1n) is 9.01. The molecule has 3 N–H and O–H groups in total. The molecular formula is C21H28N4O2. The molecule has 0 saturated heterocycles. The van der Waals surface area contributed by atoms with Crippen LogP contribution >= 0.6 is 0 Å². The van der Waals surface area contributed by atoms with Gasteiger partial charge in [-0.25, -0.2) is 0 Å². The van der Waals surface area contributed by atoms with Gasteiger partial charge in [0.1, 0.15) is 11.9 Å². The van der Waals surface area contributed by atoms with Gasteiger partial charge in [0.2, 0.25) is 0 Å². The third-order valence-electron chi connectivity index (χ3n) is 4.11. The smallest absolute Gasteiger partial charge is 0.251 e. The van der Waals surface area contributed by atoms with Crippen molar-refractivity contribution in [2.24, 2.45) is 4.99 Å². The van der Waals surface area contributed by atoms with Gasteiger partial charge in [-0.2, -0.15) is 0 Å². The van der Waals surface area contributed by atoms with Crippen molar-refractivity contribution in [3.05, 3.63) is 65.2 Å². The summed E-state index contributed by atoms with van der Waals surface area (Å²) in [6, 6.07) is 15.4. The maximum absolute atomic E-state index is 11.6. The van der Waals surface area contributed by atoms with Gasteiger partial charge in [0.25, 0.3) is 5.91 Å². The highest BCUT2D eigenvalue weighted by atomic mass is 16.5. The highest BCUT2D eigenvalue weighted by Crippen LogP contribution is 2.17. The minimum absolute atomic E-state index is 0.00325. The second-order valence-electron chi connectivity index (χ2n) is 6.28. The van der Waals surface area contributed by atoms with E-state index in [1.807, 2.05) is 62.4 Å². The first-order valence-corrected chi connectivity index (χ1v) is 9.01. The number of aliphatic imine (C=N–C) groups is 1. The molecule has 0 saturated carbocycles. The number of hydrogen-bond acceptors (Lipinski definition) is 3. The molecule has 1 unspecified atom stereocenters. The zero-order chi connectivity index (χ0) is 19.6. The van der Waals surface area contributed by atoms with Crippen LogP contribution < -0.4 is 20.7 Å². The summed E-state index contributed by atoms with van der Waals surface area (Å²) in [5, 5.41) is 9.14. The quantitative estimate of drug-likeness (QED) is 0.518. The van der Waals surface area contributed by atoms with Gasteiger partial charge >= 0.3 is 0 Å². The Bertz CT molecular complexity index is 772. The summed E-state index contributed by atoms with van der Waals surface area (Å²) in [6.45, 7) is 5.29. The summed E-state index contributed by atoms with van der Waals surface area (Å²) in [7, 11) is 3.36. The van der Waals surface area contributed by atoms with Crippen molar-refractivity contribution in [3.63, 3.8) is 0 Å². The molecule has 0 spiro atoms. The molecule has 144 valence electrons. The summed E-state index contributed by atoms with van der Waals surface area (Å²) in [6.07, 6.45) is -0.00325. The zero-order valence-electron chi connectivity index (χ0n) is 16.4. The Hall–Kier alpha value is -3.02. The van der Waals surface area contributed by atoms with E-state index in [0.717, 1.165) is 16.9 Å². The molecule has 2 rings (SSSR count). The van der Waals surface area contributed by atoms with Gasteiger partial charge in [-0.3, -0.25) is 9.79 Å². The third-order valence-corrected chi connectivity index (χ3v) is 4.11. The maximum Gasteiger partial charge on any atom is 0.251 e. The molecule has 2 aromatic carbocycles. The second kappa shape index (κ2) is 10.2. The highest BCUT2D eigenvalue weighted by molar-refractivity contribution is 5.93. The van der Waals surface area contributed by atoms with Crippen molar-refractivity contribution >= 4 is 11.9 Å². The molecule has 2 aromatic rings. The van der Waals surface area contributed by atoms with E-state index in [-0.39, 0.29) is 12.0 Å². The van der Waals surface area contributed by atoms with Crippen LogP contribution in [0.2, 0.25) is 0 Å². The molecule has 0 aromatic heterocycles. The molecule has 0 aliphatic carbocycles. The first-order chi connectivity index (χ1) is 13.0. The average molecular weight is 368 g/mol. The molecule has 0 radical (unpaired) electrons. The number of ether oxygens (including phenoxy) is 1. The molecule has 6 heteroatoms. The Kier molecular flexibility index (Phi) is 7.67. The molecule has 1 amide bonds. The molecule has 0 heterocycles. The van der Waals surface area contributed by atoms with Crippen molar-refractivity contribution in [1.82, 2.24) is 16.0 Å². The lowest BCUT2D eigenvalue weighted by Crippen LogP contribution is -2.41. The molecule has 0 fully saturated rings. The molecule has 27 heavy (non-hydrogen) atoms. The van der Waals surface area contributed by atoms with Gasteiger partial charge in [0.15, 0.2) is 5.96 Å². The first kappa shape index (κ1) is 20.3. The van der Waals surface area contributed by atoms with Crippen LogP contribution in [0.15, 0.2) is 53.5 Å². The number of guanidine groups is 1. The van der Waals surface area contributed by atoms with E-state index < -0.39 is 0 Å². The van der Waals surface area contributed by atoms with E-state index in [1.165, 1.54) is 0 Å². The van der Waals surface area contributed by atoms with Crippen molar-refractivity contribution in [1.29, 1.82) is 0 Å². The fourth-order valence-electron chi connectivity index (χ4n) is 2.51. The van der Waals surface area contributed by atoms with Crippen molar-refractivity contribution in [2.75, 3.05) is 20.6 Å². The van der Waals surface area contributed by atoms with Crippen molar-refractivity contribution < 1.29 is 9.53 Å². The summed E-state index contributed by atoms with van der Waals surface area (Å²) in [5.41, 5.74) is 2.83. The van der Waals surface area contributed by atoms with Crippen LogP contribution in [0.25, 0.3) is 0 Å². The number of aryl methyl sites for hydroxylation is 1. The summed E-state index contributed by atoms with van der Waals surface area (Å²) in [5.74, 6) is 1.51. The van der Waals surface area contributed by atoms with Gasteiger partial charge in [-0.15, -0.1) is 0 Å². The molecule has 0 aliphatic rings. The maximum atomic E-state index is 11.6. The Morgan fingerprint density at radius 1 is 1.11 bits per heavy atom. The van der Waals surface area contributed by atoms with E-state index in [9.17, 15) is 4.79 Å². The Morgan fingerprint density at radius 2 is 1.81 bits per heavy atom. The van der Waals surface area contributed by atoms with Crippen LogP contribution in [0.3, 0.4) is 0 Å². The summed E-state index contributed by atoms with van der Waals surface area (Å²) in [4.78, 5) is 15.8. The number of amides is 1. The minimum atomic E-state index is -0.0883. The SMILES string of the molecule is CN=C(NCc1ccc(C(=O)NC)cc1)NCC(C)Oc1ccccc1C. The topological polar surface area (TPSA) is 74.8 Å².